The molecule has 1 aromatic carbocycles. The van der Waals surface area contributed by atoms with Crippen LogP contribution in [0.25, 0.3) is 0 Å². The number of amides is 2. The molecule has 136 valence electrons. The van der Waals surface area contributed by atoms with Gasteiger partial charge < -0.3 is 20.1 Å². The second-order valence-corrected chi connectivity index (χ2v) is 6.88. The van der Waals surface area contributed by atoms with Crippen molar-refractivity contribution in [2.45, 2.75) is 31.1 Å². The molecule has 0 bridgehead atoms. The average Bonchev–Trinajstić information content (AvgIpc) is 2.67. The molecule has 25 heavy (non-hydrogen) atoms. The van der Waals surface area contributed by atoms with E-state index in [4.69, 9.17) is 9.47 Å². The molecule has 1 atom stereocenters. The predicted molar refractivity (Wildman–Crippen MR) is 93.5 cm³/mol. The maximum atomic E-state index is 12.5. The number of benzene rings is 1. The summed E-state index contributed by atoms with van der Waals surface area (Å²) >= 11 is 0. The summed E-state index contributed by atoms with van der Waals surface area (Å²) in [6, 6.07) is 8.09. The van der Waals surface area contributed by atoms with E-state index in [0.717, 1.165) is 18.6 Å². The highest BCUT2D eigenvalue weighted by Gasteiger charge is 2.36. The van der Waals surface area contributed by atoms with Crippen LogP contribution in [0.15, 0.2) is 24.3 Å². The highest BCUT2D eigenvalue weighted by atomic mass is 16.5. The third-order valence-corrected chi connectivity index (χ3v) is 5.39. The molecule has 2 aliphatic rings. The summed E-state index contributed by atoms with van der Waals surface area (Å²) in [5, 5.41) is 5.90. The van der Waals surface area contributed by atoms with E-state index >= 15 is 0 Å². The first-order valence-corrected chi connectivity index (χ1v) is 8.90. The molecule has 2 amide bonds. The fraction of sp³-hybridized carbons (Fsp3) is 0.579. The molecule has 3 rings (SSSR count). The number of carbonyl (C=O) groups excluding carboxylic acids is 2. The summed E-state index contributed by atoms with van der Waals surface area (Å²) in [5.74, 6) is 0.751. The Hall–Kier alpha value is -2.08. The average molecular weight is 346 g/mol. The van der Waals surface area contributed by atoms with Crippen LogP contribution in [0.2, 0.25) is 0 Å². The number of hydrogen-bond donors (Lipinski definition) is 2. The largest absolute Gasteiger partial charge is 0.497 e. The van der Waals surface area contributed by atoms with Gasteiger partial charge in [0.1, 0.15) is 5.75 Å². The summed E-state index contributed by atoms with van der Waals surface area (Å²) in [6.45, 7) is 2.41. The van der Waals surface area contributed by atoms with Crippen molar-refractivity contribution >= 4 is 11.8 Å². The molecule has 0 spiro atoms. The van der Waals surface area contributed by atoms with Crippen LogP contribution in [0.3, 0.4) is 0 Å². The standard InChI is InChI=1S/C19H26N2O4/c1-24-16-5-3-15(4-6-16)19(8-10-25-11-9-19)13-21-18(23)14-2-7-17(22)20-12-14/h3-6,14H,2,7-13H2,1H3,(H,20,22)(H,21,23). The predicted octanol–water partition coefficient (Wildman–Crippen LogP) is 1.39. The van der Waals surface area contributed by atoms with Crippen molar-refractivity contribution in [3.05, 3.63) is 29.8 Å². The monoisotopic (exact) mass is 346 g/mol. The quantitative estimate of drug-likeness (QED) is 0.845. The summed E-state index contributed by atoms with van der Waals surface area (Å²) in [6.07, 6.45) is 2.80. The molecular formula is C19H26N2O4. The van der Waals surface area contributed by atoms with E-state index in [0.29, 0.717) is 39.1 Å². The van der Waals surface area contributed by atoms with Crippen LogP contribution in [0, 0.1) is 5.92 Å². The fourth-order valence-electron chi connectivity index (χ4n) is 3.63. The SMILES string of the molecule is COc1ccc(C2(CNC(=O)C3CCC(=O)NC3)CCOCC2)cc1. The molecule has 1 aromatic rings. The van der Waals surface area contributed by atoms with Crippen LogP contribution in [0.5, 0.6) is 5.75 Å². The highest BCUT2D eigenvalue weighted by molar-refractivity contribution is 5.83. The number of hydrogen-bond acceptors (Lipinski definition) is 4. The van der Waals surface area contributed by atoms with E-state index in [9.17, 15) is 9.59 Å². The number of piperidine rings is 1. The van der Waals surface area contributed by atoms with Gasteiger partial charge in [-0.3, -0.25) is 9.59 Å². The lowest BCUT2D eigenvalue weighted by molar-refractivity contribution is -0.129. The molecule has 1 unspecified atom stereocenters. The Morgan fingerprint density at radius 3 is 2.64 bits per heavy atom. The van der Waals surface area contributed by atoms with Crippen molar-refractivity contribution < 1.29 is 19.1 Å². The van der Waals surface area contributed by atoms with Gasteiger partial charge in [-0.1, -0.05) is 12.1 Å². The van der Waals surface area contributed by atoms with E-state index < -0.39 is 0 Å². The Morgan fingerprint density at radius 1 is 1.32 bits per heavy atom. The van der Waals surface area contributed by atoms with Crippen molar-refractivity contribution in [1.82, 2.24) is 10.6 Å². The van der Waals surface area contributed by atoms with Crippen molar-refractivity contribution in [3.8, 4) is 5.75 Å². The second-order valence-electron chi connectivity index (χ2n) is 6.88. The summed E-state index contributed by atoms with van der Waals surface area (Å²) < 4.78 is 10.8. The van der Waals surface area contributed by atoms with Gasteiger partial charge in [-0.15, -0.1) is 0 Å². The van der Waals surface area contributed by atoms with Crippen molar-refractivity contribution in [1.29, 1.82) is 0 Å². The van der Waals surface area contributed by atoms with E-state index in [1.54, 1.807) is 7.11 Å². The smallest absolute Gasteiger partial charge is 0.224 e. The lowest BCUT2D eigenvalue weighted by Gasteiger charge is -2.38. The molecule has 2 aliphatic heterocycles. The van der Waals surface area contributed by atoms with Gasteiger partial charge in [-0.05, 0) is 37.0 Å². The fourth-order valence-corrected chi connectivity index (χ4v) is 3.63. The molecule has 0 aromatic heterocycles. The van der Waals surface area contributed by atoms with Crippen LogP contribution in [-0.4, -0.2) is 45.2 Å². The number of methoxy groups -OCH3 is 1. The van der Waals surface area contributed by atoms with E-state index in [1.807, 2.05) is 12.1 Å². The van der Waals surface area contributed by atoms with Crippen molar-refractivity contribution in [2.24, 2.45) is 5.92 Å². The first kappa shape index (κ1) is 17.7. The maximum absolute atomic E-state index is 12.5. The molecule has 0 aliphatic carbocycles. The van der Waals surface area contributed by atoms with Crippen LogP contribution < -0.4 is 15.4 Å². The van der Waals surface area contributed by atoms with Crippen LogP contribution >= 0.6 is 0 Å². The van der Waals surface area contributed by atoms with Crippen molar-refractivity contribution in [2.75, 3.05) is 33.4 Å². The lowest BCUT2D eigenvalue weighted by Crippen LogP contribution is -2.48. The van der Waals surface area contributed by atoms with Gasteiger partial charge in [0, 0.05) is 38.1 Å². The Kier molecular flexibility index (Phi) is 5.58. The minimum atomic E-state index is -0.134. The van der Waals surface area contributed by atoms with Gasteiger partial charge in [0.15, 0.2) is 0 Å². The molecular weight excluding hydrogens is 320 g/mol. The Labute approximate surface area is 148 Å². The van der Waals surface area contributed by atoms with Gasteiger partial charge in [0.05, 0.1) is 13.0 Å². The topological polar surface area (TPSA) is 76.7 Å². The lowest BCUT2D eigenvalue weighted by atomic mass is 9.74. The minimum absolute atomic E-state index is 0.0272. The third kappa shape index (κ3) is 4.12. The van der Waals surface area contributed by atoms with Gasteiger partial charge in [0.2, 0.25) is 11.8 Å². The number of ether oxygens (including phenoxy) is 2. The third-order valence-electron chi connectivity index (χ3n) is 5.39. The molecule has 2 heterocycles. The van der Waals surface area contributed by atoms with Gasteiger partial charge in [0.25, 0.3) is 0 Å². The Morgan fingerprint density at radius 2 is 2.04 bits per heavy atom. The molecule has 2 saturated heterocycles. The maximum Gasteiger partial charge on any atom is 0.224 e. The van der Waals surface area contributed by atoms with Crippen LogP contribution in [0.4, 0.5) is 0 Å². The molecule has 6 nitrogen and oxygen atoms in total. The second kappa shape index (κ2) is 7.87. The van der Waals surface area contributed by atoms with E-state index in [-0.39, 0.29) is 23.1 Å². The molecule has 0 radical (unpaired) electrons. The number of rotatable bonds is 5. The summed E-state index contributed by atoms with van der Waals surface area (Å²) in [7, 11) is 1.66. The zero-order valence-corrected chi connectivity index (χ0v) is 14.7. The molecule has 6 heteroatoms. The van der Waals surface area contributed by atoms with Crippen LogP contribution in [0.1, 0.15) is 31.2 Å². The van der Waals surface area contributed by atoms with Gasteiger partial charge in [-0.2, -0.15) is 0 Å². The summed E-state index contributed by atoms with van der Waals surface area (Å²) in [4.78, 5) is 23.8. The molecule has 2 fully saturated rings. The summed E-state index contributed by atoms with van der Waals surface area (Å²) in [5.41, 5.74) is 1.09. The molecule has 2 N–H and O–H groups in total. The normalized spacial score (nSPS) is 22.8. The first-order chi connectivity index (χ1) is 12.1. The molecule has 0 saturated carbocycles. The minimum Gasteiger partial charge on any atom is -0.497 e. The van der Waals surface area contributed by atoms with Gasteiger partial charge in [-0.25, -0.2) is 0 Å². The van der Waals surface area contributed by atoms with Crippen molar-refractivity contribution in [3.63, 3.8) is 0 Å². The number of carbonyl (C=O) groups is 2. The highest BCUT2D eigenvalue weighted by Crippen LogP contribution is 2.35. The zero-order valence-electron chi connectivity index (χ0n) is 14.7. The van der Waals surface area contributed by atoms with Crippen LogP contribution in [-0.2, 0) is 19.7 Å². The van der Waals surface area contributed by atoms with E-state index in [2.05, 4.69) is 22.8 Å². The number of nitrogens with one attached hydrogen (secondary N) is 2. The Balaban J connectivity index is 1.68. The zero-order chi connectivity index (χ0) is 17.7. The Bertz CT molecular complexity index is 598. The first-order valence-electron chi connectivity index (χ1n) is 8.90. The van der Waals surface area contributed by atoms with Gasteiger partial charge >= 0.3 is 0 Å². The van der Waals surface area contributed by atoms with E-state index in [1.165, 1.54) is 5.56 Å².